The minimum atomic E-state index is -0.796. The molecule has 0 radical (unpaired) electrons. The highest BCUT2D eigenvalue weighted by atomic mass is 32.2. The lowest BCUT2D eigenvalue weighted by Gasteiger charge is -2.10. The second-order valence-electron chi connectivity index (χ2n) is 4.89. The van der Waals surface area contributed by atoms with Crippen LogP contribution >= 0.6 is 11.8 Å². The Morgan fingerprint density at radius 1 is 1.45 bits per heavy atom. The lowest BCUT2D eigenvalue weighted by Crippen LogP contribution is -2.31. The topological polar surface area (TPSA) is 108 Å². The number of carbonyl (C=O) groups excluding carboxylic acids is 1. The van der Waals surface area contributed by atoms with E-state index in [0.29, 0.717) is 36.7 Å². The van der Waals surface area contributed by atoms with Gasteiger partial charge in [0.2, 0.25) is 11.1 Å². The fourth-order valence-corrected chi connectivity index (χ4v) is 2.99. The molecule has 2 rings (SSSR count). The number of carboxylic acids is 1. The molecule has 2 atom stereocenters. The number of nitrogens with zero attached hydrogens (tertiary/aromatic N) is 2. The van der Waals surface area contributed by atoms with Gasteiger partial charge in [0.15, 0.2) is 0 Å². The van der Waals surface area contributed by atoms with Crippen LogP contribution in [-0.4, -0.2) is 44.5 Å². The van der Waals surface area contributed by atoms with Crippen molar-refractivity contribution in [1.29, 1.82) is 0 Å². The molecule has 8 heteroatoms. The highest BCUT2D eigenvalue weighted by Crippen LogP contribution is 2.31. The number of hydrogen-bond donors (Lipinski definition) is 3. The van der Waals surface area contributed by atoms with Crippen LogP contribution in [0.4, 0.5) is 0 Å². The Morgan fingerprint density at radius 3 is 2.80 bits per heavy atom. The van der Waals surface area contributed by atoms with Crippen molar-refractivity contribution in [3.05, 3.63) is 5.82 Å². The molecule has 0 spiro atoms. The van der Waals surface area contributed by atoms with E-state index in [1.54, 1.807) is 0 Å². The summed E-state index contributed by atoms with van der Waals surface area (Å²) in [6.45, 7) is 2.36. The van der Waals surface area contributed by atoms with Crippen LogP contribution in [0.25, 0.3) is 0 Å². The van der Waals surface area contributed by atoms with Crippen molar-refractivity contribution in [2.24, 2.45) is 11.8 Å². The highest BCUT2D eigenvalue weighted by Gasteiger charge is 2.33. The molecule has 1 fully saturated rings. The maximum absolute atomic E-state index is 11.9. The number of aryl methyl sites for hydroxylation is 1. The van der Waals surface area contributed by atoms with Crippen LogP contribution in [0.2, 0.25) is 0 Å². The summed E-state index contributed by atoms with van der Waals surface area (Å²) in [6.07, 6.45) is 1.71. The number of carboxylic acid groups (broad SMARTS) is 1. The lowest BCUT2D eigenvalue weighted by molar-refractivity contribution is -0.141. The van der Waals surface area contributed by atoms with Gasteiger partial charge in [-0.2, -0.15) is 0 Å². The largest absolute Gasteiger partial charge is 0.481 e. The van der Waals surface area contributed by atoms with Crippen LogP contribution in [-0.2, 0) is 9.59 Å². The monoisotopic (exact) mass is 298 g/mol. The Bertz CT molecular complexity index is 491. The smallest absolute Gasteiger partial charge is 0.306 e. The Kier molecular flexibility index (Phi) is 4.99. The van der Waals surface area contributed by atoms with Gasteiger partial charge in [-0.05, 0) is 26.2 Å². The molecule has 1 amide bonds. The van der Waals surface area contributed by atoms with Gasteiger partial charge in [0.25, 0.3) is 0 Å². The molecule has 0 bridgehead atoms. The molecular formula is C12H18N4O3S. The summed E-state index contributed by atoms with van der Waals surface area (Å²) in [7, 11) is 0. The van der Waals surface area contributed by atoms with Crippen LogP contribution in [0.1, 0.15) is 25.1 Å². The van der Waals surface area contributed by atoms with Gasteiger partial charge in [-0.1, -0.05) is 11.8 Å². The van der Waals surface area contributed by atoms with Gasteiger partial charge >= 0.3 is 5.97 Å². The summed E-state index contributed by atoms with van der Waals surface area (Å²) in [6, 6.07) is 0. The van der Waals surface area contributed by atoms with Crippen LogP contribution in [0.5, 0.6) is 0 Å². The lowest BCUT2D eigenvalue weighted by atomic mass is 10.0. The van der Waals surface area contributed by atoms with E-state index in [2.05, 4.69) is 20.5 Å². The first-order valence-electron chi connectivity index (χ1n) is 6.58. The van der Waals surface area contributed by atoms with E-state index < -0.39 is 5.97 Å². The summed E-state index contributed by atoms with van der Waals surface area (Å²) in [5.41, 5.74) is 0. The minimum Gasteiger partial charge on any atom is -0.481 e. The van der Waals surface area contributed by atoms with E-state index in [0.717, 1.165) is 5.82 Å². The Labute approximate surface area is 120 Å². The maximum atomic E-state index is 11.9. The zero-order chi connectivity index (χ0) is 14.5. The van der Waals surface area contributed by atoms with E-state index in [-0.39, 0.29) is 17.7 Å². The molecule has 1 aliphatic rings. The molecule has 0 saturated heterocycles. The van der Waals surface area contributed by atoms with E-state index in [1.807, 2.05) is 6.92 Å². The van der Waals surface area contributed by atoms with E-state index in [9.17, 15) is 9.59 Å². The number of nitrogens with one attached hydrogen (secondary N) is 2. The molecule has 7 nitrogen and oxygen atoms in total. The molecule has 1 saturated carbocycles. The Hall–Kier alpha value is -1.57. The summed E-state index contributed by atoms with van der Waals surface area (Å²) in [5.74, 6) is 0.0970. The van der Waals surface area contributed by atoms with Crippen LogP contribution < -0.4 is 5.32 Å². The first-order valence-corrected chi connectivity index (χ1v) is 7.57. The molecule has 0 aliphatic heterocycles. The van der Waals surface area contributed by atoms with Gasteiger partial charge in [-0.25, -0.2) is 4.98 Å². The molecule has 3 N–H and O–H groups in total. The summed E-state index contributed by atoms with van der Waals surface area (Å²) < 4.78 is 0. The molecule has 20 heavy (non-hydrogen) atoms. The number of amides is 1. The van der Waals surface area contributed by atoms with Gasteiger partial charge in [0.1, 0.15) is 5.82 Å². The average molecular weight is 298 g/mol. The zero-order valence-electron chi connectivity index (χ0n) is 11.3. The third-order valence-electron chi connectivity index (χ3n) is 3.36. The standard InChI is InChI=1S/C12H18N4O3S/c1-7-14-12(16-15-7)20-5-4-13-10(17)8-2-3-9(6-8)11(18)19/h8-9H,2-6H2,1H3,(H,13,17)(H,18,19)(H,14,15,16)/t8-,9+/m0/s1. The number of rotatable bonds is 6. The van der Waals surface area contributed by atoms with Crippen molar-refractivity contribution in [3.63, 3.8) is 0 Å². The van der Waals surface area contributed by atoms with E-state index in [1.165, 1.54) is 11.8 Å². The number of aromatic nitrogens is 3. The van der Waals surface area contributed by atoms with Crippen LogP contribution in [0.15, 0.2) is 5.16 Å². The number of carbonyl (C=O) groups is 2. The molecule has 110 valence electrons. The number of aliphatic carboxylic acids is 1. The second kappa shape index (κ2) is 6.74. The van der Waals surface area contributed by atoms with Crippen molar-refractivity contribution < 1.29 is 14.7 Å². The van der Waals surface area contributed by atoms with Crippen molar-refractivity contribution in [2.75, 3.05) is 12.3 Å². The van der Waals surface area contributed by atoms with Gasteiger partial charge in [0.05, 0.1) is 5.92 Å². The molecule has 0 aromatic carbocycles. The Balaban J connectivity index is 1.64. The minimum absolute atomic E-state index is 0.0412. The van der Waals surface area contributed by atoms with Crippen molar-refractivity contribution in [2.45, 2.75) is 31.3 Å². The summed E-state index contributed by atoms with van der Waals surface area (Å²) >= 11 is 1.47. The third-order valence-corrected chi connectivity index (χ3v) is 4.21. The predicted octanol–water partition coefficient (Wildman–Crippen LogP) is 0.822. The molecule has 1 heterocycles. The van der Waals surface area contributed by atoms with Gasteiger partial charge in [-0.15, -0.1) is 5.10 Å². The average Bonchev–Trinajstić information content (AvgIpc) is 3.03. The number of H-pyrrole nitrogens is 1. The number of thioether (sulfide) groups is 1. The molecule has 0 unspecified atom stereocenters. The zero-order valence-corrected chi connectivity index (χ0v) is 12.1. The number of hydrogen-bond acceptors (Lipinski definition) is 5. The van der Waals surface area contributed by atoms with Crippen molar-refractivity contribution >= 4 is 23.6 Å². The highest BCUT2D eigenvalue weighted by molar-refractivity contribution is 7.99. The predicted molar refractivity (Wildman–Crippen MR) is 73.3 cm³/mol. The van der Waals surface area contributed by atoms with Crippen molar-refractivity contribution in [1.82, 2.24) is 20.5 Å². The van der Waals surface area contributed by atoms with E-state index >= 15 is 0 Å². The van der Waals surface area contributed by atoms with Gasteiger partial charge in [0, 0.05) is 18.2 Å². The summed E-state index contributed by atoms with van der Waals surface area (Å²) in [4.78, 5) is 26.9. The van der Waals surface area contributed by atoms with E-state index in [4.69, 9.17) is 5.11 Å². The van der Waals surface area contributed by atoms with Gasteiger partial charge < -0.3 is 10.4 Å². The summed E-state index contributed by atoms with van der Waals surface area (Å²) in [5, 5.41) is 19.2. The van der Waals surface area contributed by atoms with Crippen LogP contribution in [0.3, 0.4) is 0 Å². The molecule has 1 aromatic rings. The first-order chi connectivity index (χ1) is 9.56. The molecule has 1 aromatic heterocycles. The first kappa shape index (κ1) is 14.8. The molecule has 1 aliphatic carbocycles. The fraction of sp³-hybridized carbons (Fsp3) is 0.667. The number of aromatic amines is 1. The van der Waals surface area contributed by atoms with Crippen molar-refractivity contribution in [3.8, 4) is 0 Å². The SMILES string of the molecule is Cc1nc(SCCNC(=O)[C@H]2CC[C@@H](C(=O)O)C2)n[nH]1. The third kappa shape index (κ3) is 3.96. The molecular weight excluding hydrogens is 280 g/mol. The van der Waals surface area contributed by atoms with Crippen LogP contribution in [0, 0.1) is 18.8 Å². The normalized spacial score (nSPS) is 21.9. The fourth-order valence-electron chi connectivity index (χ4n) is 2.29. The maximum Gasteiger partial charge on any atom is 0.306 e. The Morgan fingerprint density at radius 2 is 2.20 bits per heavy atom. The second-order valence-corrected chi connectivity index (χ2v) is 5.95. The van der Waals surface area contributed by atoms with Gasteiger partial charge in [-0.3, -0.25) is 14.7 Å². The quantitative estimate of drug-likeness (QED) is 0.530.